The molecule has 22 heavy (non-hydrogen) atoms. The average molecular weight is 324 g/mol. The summed E-state index contributed by atoms with van der Waals surface area (Å²) in [5.41, 5.74) is 5.63. The Kier molecular flexibility index (Phi) is 7.26. The van der Waals surface area contributed by atoms with E-state index in [9.17, 15) is 4.79 Å². The molecule has 0 aliphatic rings. The van der Waals surface area contributed by atoms with E-state index >= 15 is 0 Å². The van der Waals surface area contributed by atoms with E-state index in [0.29, 0.717) is 6.61 Å². The number of hydrogen-bond donors (Lipinski definition) is 1. The first kappa shape index (κ1) is 18.9. The van der Waals surface area contributed by atoms with Gasteiger partial charge in [-0.25, -0.2) is 4.79 Å². The molecule has 124 valence electrons. The summed E-state index contributed by atoms with van der Waals surface area (Å²) in [6.07, 6.45) is 0. The van der Waals surface area contributed by atoms with Crippen LogP contribution in [0.5, 0.6) is 0 Å². The minimum Gasteiger partial charge on any atom is -0.464 e. The summed E-state index contributed by atoms with van der Waals surface area (Å²) in [6.45, 7) is 8.61. The van der Waals surface area contributed by atoms with Crippen molar-refractivity contribution in [1.82, 2.24) is 0 Å². The van der Waals surface area contributed by atoms with E-state index < -0.39 is 13.9 Å². The molecule has 1 rings (SSSR count). The van der Waals surface area contributed by atoms with Gasteiger partial charge in [-0.05, 0) is 30.6 Å². The number of ether oxygens (including phenoxy) is 1. The second-order valence-electron chi connectivity index (χ2n) is 5.46. The van der Waals surface area contributed by atoms with Crippen LogP contribution in [0.4, 0.5) is 0 Å². The van der Waals surface area contributed by atoms with Gasteiger partial charge in [-0.1, -0.05) is 51.1 Å². The highest BCUT2D eigenvalue weighted by Gasteiger charge is 2.47. The Morgan fingerprint density at radius 2 is 1.64 bits per heavy atom. The molecule has 4 nitrogen and oxygen atoms in total. The Balaban J connectivity index is 3.35. The molecule has 0 spiro atoms. The maximum atomic E-state index is 12.7. The Labute approximate surface area is 135 Å². The van der Waals surface area contributed by atoms with Gasteiger partial charge in [0.15, 0.2) is 13.9 Å². The molecule has 0 fully saturated rings. The van der Waals surface area contributed by atoms with Crippen molar-refractivity contribution in [3.63, 3.8) is 0 Å². The van der Waals surface area contributed by atoms with Gasteiger partial charge in [0.05, 0.1) is 6.61 Å². The van der Waals surface area contributed by atoms with Crippen molar-refractivity contribution in [1.29, 1.82) is 0 Å². The normalized spacial score (nSPS) is 14.4. The van der Waals surface area contributed by atoms with Gasteiger partial charge in [-0.2, -0.15) is 0 Å². The van der Waals surface area contributed by atoms with Crippen LogP contribution in [0, 0.1) is 0 Å². The van der Waals surface area contributed by atoms with Crippen LogP contribution in [0.3, 0.4) is 0 Å². The van der Waals surface area contributed by atoms with Crippen molar-refractivity contribution in [2.24, 2.45) is 5.73 Å². The van der Waals surface area contributed by atoms with Crippen LogP contribution in [0.25, 0.3) is 0 Å². The first-order valence-electron chi connectivity index (χ1n) is 8.17. The third-order valence-corrected chi connectivity index (χ3v) is 9.10. The van der Waals surface area contributed by atoms with Gasteiger partial charge in [0.2, 0.25) is 0 Å². The quantitative estimate of drug-likeness (QED) is 0.559. The Bertz CT molecular complexity index is 454. The van der Waals surface area contributed by atoms with Gasteiger partial charge in [-0.3, -0.25) is 0 Å². The summed E-state index contributed by atoms with van der Waals surface area (Å²) in [4.78, 5) is 12.7. The molecule has 0 aromatic heterocycles. The van der Waals surface area contributed by atoms with Crippen molar-refractivity contribution in [2.45, 2.75) is 51.4 Å². The Morgan fingerprint density at radius 1 is 1.09 bits per heavy atom. The molecule has 1 atom stereocenters. The summed E-state index contributed by atoms with van der Waals surface area (Å²) < 4.78 is 11.9. The van der Waals surface area contributed by atoms with Crippen molar-refractivity contribution >= 4 is 14.3 Å². The van der Waals surface area contributed by atoms with E-state index in [-0.39, 0.29) is 12.5 Å². The van der Waals surface area contributed by atoms with Gasteiger partial charge in [0, 0.05) is 6.54 Å². The average Bonchev–Trinajstić information content (AvgIpc) is 2.58. The highest BCUT2D eigenvalue weighted by molar-refractivity contribution is 6.73. The fourth-order valence-corrected chi connectivity index (χ4v) is 5.71. The number of carbonyl (C=O) groups excluding carboxylic acids is 1. The predicted molar refractivity (Wildman–Crippen MR) is 92.1 cm³/mol. The fourth-order valence-electron chi connectivity index (χ4n) is 2.75. The first-order valence-corrected chi connectivity index (χ1v) is 10.7. The van der Waals surface area contributed by atoms with Crippen molar-refractivity contribution in [3.8, 4) is 0 Å². The predicted octanol–water partition coefficient (Wildman–Crippen LogP) is 3.43. The fraction of sp³-hybridized carbons (Fsp3) is 0.588. The molecule has 0 heterocycles. The zero-order valence-electron chi connectivity index (χ0n) is 14.2. The zero-order chi connectivity index (χ0) is 16.6. The first-order chi connectivity index (χ1) is 10.5. The SMILES string of the molecule is CCOC(=O)[C@](CN)(O[Si](CC)(CC)CC)c1ccccc1. The standard InChI is InChI=1S/C17H29NO3Si/c1-5-20-16(19)17(14-18,15-12-10-9-11-13-15)21-22(6-2,7-3)8-4/h9-13H,5-8,14,18H2,1-4H3/t17-/m1/s1. The largest absolute Gasteiger partial charge is 0.464 e. The van der Waals surface area contributed by atoms with Crippen molar-refractivity contribution < 1.29 is 14.0 Å². The summed E-state index contributed by atoms with van der Waals surface area (Å²) in [6, 6.07) is 12.4. The summed E-state index contributed by atoms with van der Waals surface area (Å²) in [5.74, 6) is -0.379. The molecule has 0 aliphatic carbocycles. The highest BCUT2D eigenvalue weighted by atomic mass is 28.4. The monoisotopic (exact) mass is 323 g/mol. The Morgan fingerprint density at radius 3 is 2.05 bits per heavy atom. The third kappa shape index (κ3) is 3.77. The lowest BCUT2D eigenvalue weighted by Crippen LogP contribution is -2.54. The van der Waals surface area contributed by atoms with Crippen molar-refractivity contribution in [2.75, 3.05) is 13.2 Å². The van der Waals surface area contributed by atoms with Crippen LogP contribution in [0.15, 0.2) is 30.3 Å². The van der Waals surface area contributed by atoms with Gasteiger partial charge in [0.25, 0.3) is 0 Å². The second kappa shape index (κ2) is 8.46. The molecule has 0 amide bonds. The number of benzene rings is 1. The Hall–Kier alpha value is -1.17. The van der Waals surface area contributed by atoms with E-state index in [1.165, 1.54) is 0 Å². The summed E-state index contributed by atoms with van der Waals surface area (Å²) in [7, 11) is -2.03. The molecule has 0 aliphatic heterocycles. The molecular weight excluding hydrogens is 294 g/mol. The molecule has 2 N–H and O–H groups in total. The summed E-state index contributed by atoms with van der Waals surface area (Å²) >= 11 is 0. The minimum atomic E-state index is -2.03. The molecule has 0 unspecified atom stereocenters. The van der Waals surface area contributed by atoms with Crippen LogP contribution < -0.4 is 5.73 Å². The molecule has 0 radical (unpaired) electrons. The van der Waals surface area contributed by atoms with Crippen molar-refractivity contribution in [3.05, 3.63) is 35.9 Å². The number of carbonyl (C=O) groups is 1. The van der Waals surface area contributed by atoms with Crippen LogP contribution in [-0.4, -0.2) is 27.4 Å². The second-order valence-corrected chi connectivity index (χ2v) is 10.2. The van der Waals surface area contributed by atoms with Crippen LogP contribution in [-0.2, 0) is 19.6 Å². The van der Waals surface area contributed by atoms with Crippen LogP contribution >= 0.6 is 0 Å². The molecule has 0 saturated heterocycles. The number of nitrogens with two attached hydrogens (primary N) is 1. The number of hydrogen-bond acceptors (Lipinski definition) is 4. The van der Waals surface area contributed by atoms with E-state index in [2.05, 4.69) is 20.8 Å². The lowest BCUT2D eigenvalue weighted by atomic mass is 9.94. The molecule has 0 bridgehead atoms. The lowest BCUT2D eigenvalue weighted by molar-refractivity contribution is -0.163. The molecule has 1 aromatic rings. The lowest BCUT2D eigenvalue weighted by Gasteiger charge is -2.40. The molecular formula is C17H29NO3Si. The highest BCUT2D eigenvalue weighted by Crippen LogP contribution is 2.35. The van der Waals surface area contributed by atoms with Gasteiger partial charge in [-0.15, -0.1) is 0 Å². The van der Waals surface area contributed by atoms with Crippen LogP contribution in [0.2, 0.25) is 18.1 Å². The summed E-state index contributed by atoms with van der Waals surface area (Å²) in [5, 5.41) is 0. The topological polar surface area (TPSA) is 61.5 Å². The third-order valence-electron chi connectivity index (χ3n) is 4.46. The van der Waals surface area contributed by atoms with Gasteiger partial charge in [0.1, 0.15) is 0 Å². The number of esters is 1. The van der Waals surface area contributed by atoms with E-state index in [0.717, 1.165) is 23.7 Å². The van der Waals surface area contributed by atoms with Gasteiger partial charge >= 0.3 is 5.97 Å². The molecule has 5 heteroatoms. The van der Waals surface area contributed by atoms with E-state index in [4.69, 9.17) is 14.9 Å². The zero-order valence-corrected chi connectivity index (χ0v) is 15.2. The van der Waals surface area contributed by atoms with E-state index in [1.807, 2.05) is 30.3 Å². The number of rotatable bonds is 9. The maximum absolute atomic E-state index is 12.7. The molecule has 1 aromatic carbocycles. The molecule has 0 saturated carbocycles. The smallest absolute Gasteiger partial charge is 0.343 e. The minimum absolute atomic E-state index is 0.0879. The van der Waals surface area contributed by atoms with E-state index in [1.54, 1.807) is 6.92 Å². The van der Waals surface area contributed by atoms with Crippen LogP contribution in [0.1, 0.15) is 33.3 Å². The maximum Gasteiger partial charge on any atom is 0.343 e. The van der Waals surface area contributed by atoms with Gasteiger partial charge < -0.3 is 14.9 Å².